The van der Waals surface area contributed by atoms with E-state index in [1.165, 1.54) is 16.7 Å². The normalized spacial score (nSPS) is 15.7. The van der Waals surface area contributed by atoms with Gasteiger partial charge in [0.05, 0.1) is 11.2 Å². The lowest BCUT2D eigenvalue weighted by molar-refractivity contribution is -0.122. The molecule has 26 heavy (non-hydrogen) atoms. The second kappa shape index (κ2) is 8.53. The van der Waals surface area contributed by atoms with Gasteiger partial charge in [-0.1, -0.05) is 41.6 Å². The summed E-state index contributed by atoms with van der Waals surface area (Å²) < 4.78 is 5.71. The number of nitrogens with one attached hydrogen (secondary N) is 1. The third kappa shape index (κ3) is 4.75. The number of benzene rings is 1. The van der Waals surface area contributed by atoms with Crippen molar-refractivity contribution in [3.05, 3.63) is 58.3 Å². The number of carbonyl (C=O) groups excluding carboxylic acids is 2. The van der Waals surface area contributed by atoms with E-state index in [1.807, 2.05) is 0 Å². The van der Waals surface area contributed by atoms with E-state index in [4.69, 9.17) is 28.2 Å². The van der Waals surface area contributed by atoms with E-state index < -0.39 is 0 Å². The first-order valence-electron chi connectivity index (χ1n) is 7.87. The van der Waals surface area contributed by atoms with Crippen molar-refractivity contribution in [2.75, 3.05) is 11.9 Å². The molecule has 0 unspecified atom stereocenters. The molecule has 0 atom stereocenters. The van der Waals surface area contributed by atoms with Gasteiger partial charge < -0.3 is 9.73 Å². The first kappa shape index (κ1) is 18.7. The summed E-state index contributed by atoms with van der Waals surface area (Å²) in [6.07, 6.45) is 4.00. The van der Waals surface area contributed by atoms with Crippen molar-refractivity contribution in [1.82, 2.24) is 4.90 Å². The van der Waals surface area contributed by atoms with Crippen LogP contribution in [0.4, 0.5) is 5.69 Å². The van der Waals surface area contributed by atoms with Crippen LogP contribution in [0.3, 0.4) is 0 Å². The van der Waals surface area contributed by atoms with Crippen molar-refractivity contribution < 1.29 is 14.0 Å². The Morgan fingerprint density at radius 1 is 1.35 bits per heavy atom. The fourth-order valence-electron chi connectivity index (χ4n) is 2.38. The van der Waals surface area contributed by atoms with Crippen molar-refractivity contribution in [1.29, 1.82) is 0 Å². The predicted molar refractivity (Wildman–Crippen MR) is 108 cm³/mol. The zero-order chi connectivity index (χ0) is 18.5. The highest BCUT2D eigenvalue weighted by atomic mass is 35.5. The Balaban J connectivity index is 1.51. The van der Waals surface area contributed by atoms with Crippen molar-refractivity contribution >= 4 is 63.5 Å². The van der Waals surface area contributed by atoms with E-state index >= 15 is 0 Å². The predicted octanol–water partition coefficient (Wildman–Crippen LogP) is 4.55. The molecular weight excluding hydrogens is 392 g/mol. The molecule has 0 saturated carbocycles. The van der Waals surface area contributed by atoms with E-state index in [-0.39, 0.29) is 18.2 Å². The Hall–Kier alpha value is -2.09. The molecule has 0 spiro atoms. The second-order valence-electron chi connectivity index (χ2n) is 5.51. The lowest BCUT2D eigenvalue weighted by atomic mass is 10.2. The van der Waals surface area contributed by atoms with Crippen LogP contribution in [-0.2, 0) is 9.59 Å². The molecule has 1 fully saturated rings. The molecule has 2 amide bonds. The number of thiocarbonyl (C=S) groups is 1. The second-order valence-corrected chi connectivity index (χ2v) is 7.62. The standard InChI is InChI=1S/C18H15ClN2O3S2/c19-12-4-1-5-13(10-12)20-16(22)7-2-8-21-17(23)15(26-18(21)25)11-14-6-3-9-24-14/h1,3-6,9-11H,2,7-8H2,(H,20,22)/b15-11-. The van der Waals surface area contributed by atoms with E-state index in [9.17, 15) is 9.59 Å². The summed E-state index contributed by atoms with van der Waals surface area (Å²) in [5, 5.41) is 3.34. The number of anilines is 1. The molecule has 0 aliphatic carbocycles. The molecular formula is C18H15ClN2O3S2. The van der Waals surface area contributed by atoms with E-state index in [0.717, 1.165) is 0 Å². The van der Waals surface area contributed by atoms with Gasteiger partial charge in [0, 0.05) is 29.8 Å². The van der Waals surface area contributed by atoms with Gasteiger partial charge in [-0.2, -0.15) is 0 Å². The Labute approximate surface area is 165 Å². The van der Waals surface area contributed by atoms with Crippen LogP contribution in [0.15, 0.2) is 52.0 Å². The van der Waals surface area contributed by atoms with Crippen LogP contribution in [0.5, 0.6) is 0 Å². The Kier molecular flexibility index (Phi) is 6.13. The Morgan fingerprint density at radius 3 is 2.92 bits per heavy atom. The van der Waals surface area contributed by atoms with Crippen LogP contribution in [0.1, 0.15) is 18.6 Å². The molecule has 2 aromatic rings. The molecule has 1 N–H and O–H groups in total. The molecule has 3 rings (SSSR count). The molecule has 8 heteroatoms. The minimum absolute atomic E-state index is 0.135. The summed E-state index contributed by atoms with van der Waals surface area (Å²) in [6.45, 7) is 0.392. The maximum atomic E-state index is 12.4. The number of nitrogens with zero attached hydrogens (tertiary/aromatic N) is 1. The highest BCUT2D eigenvalue weighted by Gasteiger charge is 2.31. The van der Waals surface area contributed by atoms with Crippen LogP contribution >= 0.6 is 35.6 Å². The van der Waals surface area contributed by atoms with Gasteiger partial charge in [0.25, 0.3) is 5.91 Å². The SMILES string of the molecule is O=C(CCCN1C(=O)/C(=C/c2ccco2)SC1=S)Nc1cccc(Cl)c1. The van der Waals surface area contributed by atoms with Gasteiger partial charge in [-0.25, -0.2) is 0 Å². The number of thioether (sulfide) groups is 1. The van der Waals surface area contributed by atoms with Gasteiger partial charge in [-0.15, -0.1) is 0 Å². The number of furan rings is 1. The van der Waals surface area contributed by atoms with Crippen molar-refractivity contribution in [2.24, 2.45) is 0 Å². The third-order valence-electron chi connectivity index (χ3n) is 3.58. The lowest BCUT2D eigenvalue weighted by Crippen LogP contribution is -2.29. The first-order valence-corrected chi connectivity index (χ1v) is 9.47. The zero-order valence-electron chi connectivity index (χ0n) is 13.6. The summed E-state index contributed by atoms with van der Waals surface area (Å²) in [5.41, 5.74) is 0.648. The average molecular weight is 407 g/mol. The number of carbonyl (C=O) groups is 2. The first-order chi connectivity index (χ1) is 12.5. The molecule has 1 aromatic heterocycles. The van der Waals surface area contributed by atoms with Gasteiger partial charge in [0.2, 0.25) is 5.91 Å². The molecule has 0 bridgehead atoms. The van der Waals surface area contributed by atoms with Gasteiger partial charge in [-0.05, 0) is 36.8 Å². The average Bonchev–Trinajstić information content (AvgIpc) is 3.19. The summed E-state index contributed by atoms with van der Waals surface area (Å²) in [5.74, 6) is 0.307. The van der Waals surface area contributed by atoms with Gasteiger partial charge in [0.1, 0.15) is 10.1 Å². The maximum Gasteiger partial charge on any atom is 0.266 e. The number of hydrogen-bond donors (Lipinski definition) is 1. The summed E-state index contributed by atoms with van der Waals surface area (Å²) >= 11 is 12.4. The Morgan fingerprint density at radius 2 is 2.19 bits per heavy atom. The number of rotatable bonds is 6. The van der Waals surface area contributed by atoms with E-state index in [1.54, 1.807) is 48.7 Å². The number of amides is 2. The minimum atomic E-state index is -0.161. The number of halogens is 1. The third-order valence-corrected chi connectivity index (χ3v) is 5.20. The fourth-order valence-corrected chi connectivity index (χ4v) is 3.86. The topological polar surface area (TPSA) is 62.6 Å². The molecule has 1 aromatic carbocycles. The van der Waals surface area contributed by atoms with Gasteiger partial charge in [-0.3, -0.25) is 14.5 Å². The van der Waals surface area contributed by atoms with E-state index in [0.29, 0.717) is 38.7 Å². The summed E-state index contributed by atoms with van der Waals surface area (Å²) in [6, 6.07) is 10.5. The van der Waals surface area contributed by atoms with Crippen LogP contribution in [0.25, 0.3) is 6.08 Å². The van der Waals surface area contributed by atoms with Crippen LogP contribution in [0, 0.1) is 0 Å². The molecule has 2 heterocycles. The smallest absolute Gasteiger partial charge is 0.266 e. The largest absolute Gasteiger partial charge is 0.465 e. The Bertz CT molecular complexity index is 865. The van der Waals surface area contributed by atoms with Crippen LogP contribution < -0.4 is 5.32 Å². The quantitative estimate of drug-likeness (QED) is 0.563. The number of hydrogen-bond acceptors (Lipinski definition) is 5. The molecule has 1 aliphatic rings. The molecule has 134 valence electrons. The fraction of sp³-hybridized carbons (Fsp3) is 0.167. The van der Waals surface area contributed by atoms with Crippen LogP contribution in [-0.4, -0.2) is 27.6 Å². The summed E-state index contributed by atoms with van der Waals surface area (Å²) in [7, 11) is 0. The van der Waals surface area contributed by atoms with Crippen molar-refractivity contribution in [3.63, 3.8) is 0 Å². The zero-order valence-corrected chi connectivity index (χ0v) is 16.0. The lowest BCUT2D eigenvalue weighted by Gasteiger charge is -2.14. The monoisotopic (exact) mass is 406 g/mol. The van der Waals surface area contributed by atoms with Gasteiger partial charge in [0.15, 0.2) is 0 Å². The molecule has 5 nitrogen and oxygen atoms in total. The van der Waals surface area contributed by atoms with Crippen LogP contribution in [0.2, 0.25) is 5.02 Å². The molecule has 0 radical (unpaired) electrons. The highest BCUT2D eigenvalue weighted by Crippen LogP contribution is 2.32. The van der Waals surface area contributed by atoms with Gasteiger partial charge >= 0.3 is 0 Å². The highest BCUT2D eigenvalue weighted by molar-refractivity contribution is 8.26. The van der Waals surface area contributed by atoms with Crippen molar-refractivity contribution in [2.45, 2.75) is 12.8 Å². The maximum absolute atomic E-state index is 12.4. The summed E-state index contributed by atoms with van der Waals surface area (Å²) in [4.78, 5) is 26.5. The van der Waals surface area contributed by atoms with E-state index in [2.05, 4.69) is 5.32 Å². The molecule has 1 saturated heterocycles. The minimum Gasteiger partial charge on any atom is -0.465 e. The van der Waals surface area contributed by atoms with Crippen molar-refractivity contribution in [3.8, 4) is 0 Å². The molecule has 1 aliphatic heterocycles.